The molecule has 0 aliphatic carbocycles. The van der Waals surface area contributed by atoms with Crippen LogP contribution in [0.4, 0.5) is 0 Å². The zero-order chi connectivity index (χ0) is 10.7. The summed E-state index contributed by atoms with van der Waals surface area (Å²) in [5, 5.41) is 9.60. The summed E-state index contributed by atoms with van der Waals surface area (Å²) in [5.74, 6) is 0. The second kappa shape index (κ2) is 4.65. The first kappa shape index (κ1) is 11.3. The van der Waals surface area contributed by atoms with Gasteiger partial charge in [-0.15, -0.1) is 0 Å². The molecule has 74 valence electrons. The lowest BCUT2D eigenvalue weighted by Gasteiger charge is -2.13. The van der Waals surface area contributed by atoms with Crippen molar-refractivity contribution in [1.29, 1.82) is 5.26 Å². The van der Waals surface area contributed by atoms with Crippen molar-refractivity contribution in [2.75, 3.05) is 0 Å². The fraction of sp³-hybridized carbons (Fsp3) is 0.300. The van der Waals surface area contributed by atoms with Gasteiger partial charge in [0.15, 0.2) is 0 Å². The minimum Gasteiger partial charge on any atom is -0.324 e. The van der Waals surface area contributed by atoms with Crippen LogP contribution in [-0.4, -0.2) is 0 Å². The Labute approximate surface area is 93.2 Å². The standard InChI is InChI=1S/C10H10Cl2N2/c1-2-9(14)10-7(11)3-6(5-13)4-8(10)12/h3-4,9H,2,14H2,1H3/t9-/m0/s1. The molecule has 0 aliphatic heterocycles. The molecule has 0 bridgehead atoms. The lowest BCUT2D eigenvalue weighted by atomic mass is 10.0. The van der Waals surface area contributed by atoms with Gasteiger partial charge in [0.1, 0.15) is 0 Å². The van der Waals surface area contributed by atoms with Crippen LogP contribution in [0.15, 0.2) is 12.1 Å². The molecular formula is C10H10Cl2N2. The first-order valence-electron chi connectivity index (χ1n) is 4.24. The zero-order valence-corrected chi connectivity index (χ0v) is 9.23. The van der Waals surface area contributed by atoms with E-state index in [1.807, 2.05) is 13.0 Å². The maximum atomic E-state index is 8.67. The van der Waals surface area contributed by atoms with Crippen LogP contribution < -0.4 is 5.73 Å². The Balaban J connectivity index is 3.26. The van der Waals surface area contributed by atoms with Gasteiger partial charge in [0.05, 0.1) is 11.6 Å². The highest BCUT2D eigenvalue weighted by molar-refractivity contribution is 6.36. The van der Waals surface area contributed by atoms with Gasteiger partial charge >= 0.3 is 0 Å². The van der Waals surface area contributed by atoms with Gasteiger partial charge in [0, 0.05) is 21.7 Å². The van der Waals surface area contributed by atoms with Gasteiger partial charge in [0.25, 0.3) is 0 Å². The average molecular weight is 229 g/mol. The van der Waals surface area contributed by atoms with E-state index >= 15 is 0 Å². The van der Waals surface area contributed by atoms with Crippen LogP contribution in [0.1, 0.15) is 30.5 Å². The fourth-order valence-corrected chi connectivity index (χ4v) is 1.97. The predicted molar refractivity (Wildman–Crippen MR) is 58.4 cm³/mol. The number of rotatable bonds is 2. The molecule has 0 saturated heterocycles. The molecule has 0 saturated carbocycles. The normalized spacial score (nSPS) is 12.2. The molecule has 1 aromatic carbocycles. The summed E-state index contributed by atoms with van der Waals surface area (Å²) in [5.41, 5.74) is 7.00. The highest BCUT2D eigenvalue weighted by atomic mass is 35.5. The average Bonchev–Trinajstić information content (AvgIpc) is 2.16. The van der Waals surface area contributed by atoms with Gasteiger partial charge < -0.3 is 5.73 Å². The molecular weight excluding hydrogens is 219 g/mol. The first-order valence-corrected chi connectivity index (χ1v) is 5.00. The van der Waals surface area contributed by atoms with E-state index < -0.39 is 0 Å². The Kier molecular flexibility index (Phi) is 3.77. The van der Waals surface area contributed by atoms with Gasteiger partial charge in [-0.3, -0.25) is 0 Å². The largest absolute Gasteiger partial charge is 0.324 e. The quantitative estimate of drug-likeness (QED) is 0.845. The van der Waals surface area contributed by atoms with Crippen molar-refractivity contribution in [1.82, 2.24) is 0 Å². The highest BCUT2D eigenvalue weighted by Gasteiger charge is 2.13. The van der Waals surface area contributed by atoms with Crippen molar-refractivity contribution in [2.24, 2.45) is 5.73 Å². The summed E-state index contributed by atoms with van der Waals surface area (Å²) >= 11 is 11.9. The predicted octanol–water partition coefficient (Wildman–Crippen LogP) is 3.27. The van der Waals surface area contributed by atoms with E-state index in [0.29, 0.717) is 15.6 Å². The van der Waals surface area contributed by atoms with Gasteiger partial charge in [-0.1, -0.05) is 30.1 Å². The second-order valence-electron chi connectivity index (χ2n) is 2.98. The Morgan fingerprint density at radius 1 is 1.43 bits per heavy atom. The molecule has 4 heteroatoms. The lowest BCUT2D eigenvalue weighted by Crippen LogP contribution is -2.10. The maximum Gasteiger partial charge on any atom is 0.0992 e. The van der Waals surface area contributed by atoms with Crippen LogP contribution in [0.25, 0.3) is 0 Å². The molecule has 0 heterocycles. The number of nitrogens with zero attached hydrogens (tertiary/aromatic N) is 1. The molecule has 1 aromatic rings. The van der Waals surface area contributed by atoms with Crippen LogP contribution >= 0.6 is 23.2 Å². The van der Waals surface area contributed by atoms with E-state index in [4.69, 9.17) is 34.2 Å². The van der Waals surface area contributed by atoms with Crippen molar-refractivity contribution >= 4 is 23.2 Å². The lowest BCUT2D eigenvalue weighted by molar-refractivity contribution is 0.699. The summed E-state index contributed by atoms with van der Waals surface area (Å²) in [6.07, 6.45) is 0.755. The van der Waals surface area contributed by atoms with E-state index in [-0.39, 0.29) is 6.04 Å². The molecule has 1 atom stereocenters. The number of hydrogen-bond donors (Lipinski definition) is 1. The Morgan fingerprint density at radius 2 is 1.93 bits per heavy atom. The van der Waals surface area contributed by atoms with Crippen molar-refractivity contribution in [3.63, 3.8) is 0 Å². The molecule has 0 aliphatic rings. The summed E-state index contributed by atoms with van der Waals surface area (Å²) in [6.45, 7) is 1.95. The molecule has 2 N–H and O–H groups in total. The molecule has 0 radical (unpaired) electrons. The molecule has 0 spiro atoms. The number of hydrogen-bond acceptors (Lipinski definition) is 2. The smallest absolute Gasteiger partial charge is 0.0992 e. The van der Waals surface area contributed by atoms with E-state index in [1.54, 1.807) is 12.1 Å². The molecule has 0 amide bonds. The first-order chi connectivity index (χ1) is 6.60. The Bertz CT molecular complexity index is 359. The Hall–Kier alpha value is -0.750. The van der Waals surface area contributed by atoms with Crippen molar-refractivity contribution in [3.05, 3.63) is 33.3 Å². The van der Waals surface area contributed by atoms with Crippen LogP contribution in [0.3, 0.4) is 0 Å². The van der Waals surface area contributed by atoms with Crippen LogP contribution in [0, 0.1) is 11.3 Å². The third kappa shape index (κ3) is 2.19. The minimum atomic E-state index is -0.178. The van der Waals surface area contributed by atoms with Gasteiger partial charge in [-0.05, 0) is 18.6 Å². The van der Waals surface area contributed by atoms with E-state index in [1.165, 1.54) is 0 Å². The second-order valence-corrected chi connectivity index (χ2v) is 3.79. The van der Waals surface area contributed by atoms with E-state index in [2.05, 4.69) is 0 Å². The van der Waals surface area contributed by atoms with Crippen molar-refractivity contribution < 1.29 is 0 Å². The minimum absolute atomic E-state index is 0.178. The third-order valence-electron chi connectivity index (χ3n) is 2.02. The molecule has 2 nitrogen and oxygen atoms in total. The number of benzene rings is 1. The molecule has 0 aromatic heterocycles. The SMILES string of the molecule is CC[C@H](N)c1c(Cl)cc(C#N)cc1Cl. The fourth-order valence-electron chi connectivity index (χ4n) is 1.21. The summed E-state index contributed by atoms with van der Waals surface area (Å²) in [6, 6.07) is 4.97. The molecule has 0 unspecified atom stereocenters. The van der Waals surface area contributed by atoms with Crippen molar-refractivity contribution in [2.45, 2.75) is 19.4 Å². The Morgan fingerprint density at radius 3 is 2.29 bits per heavy atom. The molecule has 14 heavy (non-hydrogen) atoms. The van der Waals surface area contributed by atoms with E-state index in [0.717, 1.165) is 12.0 Å². The van der Waals surface area contributed by atoms with Crippen LogP contribution in [-0.2, 0) is 0 Å². The maximum absolute atomic E-state index is 8.67. The third-order valence-corrected chi connectivity index (χ3v) is 2.64. The van der Waals surface area contributed by atoms with Crippen LogP contribution in [0.5, 0.6) is 0 Å². The molecule has 0 fully saturated rings. The van der Waals surface area contributed by atoms with Gasteiger partial charge in [0.2, 0.25) is 0 Å². The zero-order valence-electron chi connectivity index (χ0n) is 7.72. The topological polar surface area (TPSA) is 49.8 Å². The van der Waals surface area contributed by atoms with Gasteiger partial charge in [-0.2, -0.15) is 5.26 Å². The number of nitriles is 1. The monoisotopic (exact) mass is 228 g/mol. The summed E-state index contributed by atoms with van der Waals surface area (Å²) < 4.78 is 0. The van der Waals surface area contributed by atoms with Gasteiger partial charge in [-0.25, -0.2) is 0 Å². The summed E-state index contributed by atoms with van der Waals surface area (Å²) in [7, 11) is 0. The summed E-state index contributed by atoms with van der Waals surface area (Å²) in [4.78, 5) is 0. The van der Waals surface area contributed by atoms with Crippen LogP contribution in [0.2, 0.25) is 10.0 Å². The van der Waals surface area contributed by atoms with E-state index in [9.17, 15) is 0 Å². The van der Waals surface area contributed by atoms with Crippen molar-refractivity contribution in [3.8, 4) is 6.07 Å². The molecule has 1 rings (SSSR count). The highest BCUT2D eigenvalue weighted by Crippen LogP contribution is 2.31. The number of halogens is 2. The number of nitrogens with two attached hydrogens (primary N) is 1.